The lowest BCUT2D eigenvalue weighted by Gasteiger charge is -2.23. The first-order valence-electron chi connectivity index (χ1n) is 18.9. The number of aryl methyl sites for hydroxylation is 4. The van der Waals surface area contributed by atoms with Gasteiger partial charge in [0.25, 0.3) is 0 Å². The third kappa shape index (κ3) is 11.6. The predicted molar refractivity (Wildman–Crippen MR) is 211 cm³/mol. The molecule has 0 bridgehead atoms. The fourth-order valence-electron chi connectivity index (χ4n) is 6.33. The number of pyridine rings is 2. The van der Waals surface area contributed by atoms with Gasteiger partial charge < -0.3 is 37.9 Å². The summed E-state index contributed by atoms with van der Waals surface area (Å²) in [4.78, 5) is 35.6. The van der Waals surface area contributed by atoms with Gasteiger partial charge in [0.15, 0.2) is 33.9 Å². The van der Waals surface area contributed by atoms with Crippen LogP contribution in [-0.2, 0) is 22.6 Å². The summed E-state index contributed by atoms with van der Waals surface area (Å²) in [6.07, 6.45) is 6.61. The molecule has 2 unspecified atom stereocenters. The van der Waals surface area contributed by atoms with Gasteiger partial charge >= 0.3 is 5.97 Å². The highest BCUT2D eigenvalue weighted by Crippen LogP contribution is 2.36. The minimum Gasteiger partial charge on any atom is -0.493 e. The second-order valence-electron chi connectivity index (χ2n) is 14.4. The number of methoxy groups -OCH3 is 2. The summed E-state index contributed by atoms with van der Waals surface area (Å²) < 4.78 is 32.3. The van der Waals surface area contributed by atoms with Crippen LogP contribution in [0.1, 0.15) is 78.7 Å². The summed E-state index contributed by atoms with van der Waals surface area (Å²) >= 11 is 0. The number of aliphatic hydroxyl groups excluding tert-OH is 1. The van der Waals surface area contributed by atoms with Gasteiger partial charge in [0.05, 0.1) is 46.6 Å². The van der Waals surface area contributed by atoms with Crippen LogP contribution in [-0.4, -0.2) is 47.6 Å². The molecule has 2 heterocycles. The van der Waals surface area contributed by atoms with Crippen LogP contribution in [0, 0.1) is 39.5 Å². The summed E-state index contributed by atoms with van der Waals surface area (Å²) in [6, 6.07) is 17.4. The molecule has 2 atom stereocenters. The Kier molecular flexibility index (Phi) is 14.0. The molecule has 0 saturated heterocycles. The van der Waals surface area contributed by atoms with Crippen molar-refractivity contribution in [2.24, 2.45) is 11.8 Å². The number of aromatic nitrogens is 2. The topological polar surface area (TPSA) is 127 Å². The van der Waals surface area contributed by atoms with Crippen molar-refractivity contribution in [2.75, 3.05) is 27.4 Å². The lowest BCUT2D eigenvalue weighted by Crippen LogP contribution is -2.21. The van der Waals surface area contributed by atoms with E-state index in [1.165, 1.54) is 31.8 Å². The molecule has 0 amide bonds. The third-order valence-corrected chi connectivity index (χ3v) is 9.85. The molecule has 1 N–H and O–H groups in total. The van der Waals surface area contributed by atoms with Crippen molar-refractivity contribution in [3.8, 4) is 23.0 Å². The average molecular weight is 755 g/mol. The molecule has 0 spiro atoms. The van der Waals surface area contributed by atoms with Crippen LogP contribution >= 0.6 is 0 Å². The Morgan fingerprint density at radius 1 is 0.691 bits per heavy atom. The number of hydrogen-bond acceptors (Lipinski definition) is 9. The SMILES string of the molecule is C/C=C/C(=O)OC(Cn1c(C)cc(=O)cc1C)c1ccc(OC)c(OCC2CC2)c1.COc1ccc(C(O)Cn2c(C)cc(=O)cc2C)cc1OCC1CC1. The second kappa shape index (κ2) is 18.8. The van der Waals surface area contributed by atoms with Crippen LogP contribution in [0.4, 0.5) is 0 Å². The smallest absolute Gasteiger partial charge is 0.331 e. The predicted octanol–water partition coefficient (Wildman–Crippen LogP) is 7.12. The van der Waals surface area contributed by atoms with E-state index in [0.717, 1.165) is 33.9 Å². The Labute approximate surface area is 323 Å². The Hall–Kier alpha value is -5.29. The van der Waals surface area contributed by atoms with Crippen LogP contribution < -0.4 is 29.8 Å². The van der Waals surface area contributed by atoms with Crippen molar-refractivity contribution in [2.45, 2.75) is 85.6 Å². The van der Waals surface area contributed by atoms with Gasteiger partial charge in [-0.2, -0.15) is 0 Å². The van der Waals surface area contributed by atoms with Crippen LogP contribution in [0.2, 0.25) is 0 Å². The summed E-state index contributed by atoms with van der Waals surface area (Å²) in [5.74, 6) is 3.45. The Morgan fingerprint density at radius 3 is 1.56 bits per heavy atom. The fourth-order valence-corrected chi connectivity index (χ4v) is 6.33. The van der Waals surface area contributed by atoms with Crippen molar-refractivity contribution in [3.05, 3.63) is 127 Å². The first-order chi connectivity index (χ1) is 26.4. The zero-order valence-electron chi connectivity index (χ0n) is 33.0. The van der Waals surface area contributed by atoms with Gasteiger partial charge in [0.2, 0.25) is 0 Å². The molecule has 11 heteroatoms. The number of ether oxygens (including phenoxy) is 5. The fraction of sp³-hybridized carbons (Fsp3) is 0.432. The first-order valence-corrected chi connectivity index (χ1v) is 18.9. The molecule has 2 saturated carbocycles. The first kappa shape index (κ1) is 40.9. The van der Waals surface area contributed by atoms with E-state index in [0.29, 0.717) is 61.1 Å². The summed E-state index contributed by atoms with van der Waals surface area (Å²) in [5, 5.41) is 10.7. The Morgan fingerprint density at radius 2 is 1.13 bits per heavy atom. The van der Waals surface area contributed by atoms with Crippen molar-refractivity contribution in [3.63, 3.8) is 0 Å². The summed E-state index contributed by atoms with van der Waals surface area (Å²) in [7, 11) is 3.22. The van der Waals surface area contributed by atoms with E-state index in [-0.39, 0.29) is 10.9 Å². The third-order valence-electron chi connectivity index (χ3n) is 9.85. The molecule has 6 rings (SSSR count). The molecule has 55 heavy (non-hydrogen) atoms. The minimum atomic E-state index is -0.700. The normalized spacial score (nSPS) is 14.8. The second-order valence-corrected chi connectivity index (χ2v) is 14.4. The maximum absolute atomic E-state index is 12.2. The van der Waals surface area contributed by atoms with Crippen molar-refractivity contribution in [1.82, 2.24) is 9.13 Å². The van der Waals surface area contributed by atoms with E-state index in [1.807, 2.05) is 73.2 Å². The number of carbonyl (C=O) groups is 1. The number of aliphatic hydroxyl groups is 1. The molecule has 2 fully saturated rings. The van der Waals surface area contributed by atoms with E-state index in [9.17, 15) is 19.5 Å². The largest absolute Gasteiger partial charge is 0.493 e. The number of carbonyl (C=O) groups excluding carboxylic acids is 1. The van der Waals surface area contributed by atoms with E-state index in [2.05, 4.69) is 0 Å². The van der Waals surface area contributed by atoms with E-state index < -0.39 is 18.2 Å². The molecule has 11 nitrogen and oxygen atoms in total. The minimum absolute atomic E-state index is 0.0130. The van der Waals surface area contributed by atoms with Gasteiger partial charge in [-0.05, 0) is 108 Å². The van der Waals surface area contributed by atoms with E-state index in [1.54, 1.807) is 51.5 Å². The molecule has 294 valence electrons. The Balaban J connectivity index is 0.000000214. The molecule has 0 aliphatic heterocycles. The molecule has 4 aromatic rings. The van der Waals surface area contributed by atoms with Crippen molar-refractivity contribution in [1.29, 1.82) is 0 Å². The molecule has 2 aliphatic carbocycles. The van der Waals surface area contributed by atoms with Crippen molar-refractivity contribution < 1.29 is 33.6 Å². The van der Waals surface area contributed by atoms with Gasteiger partial charge in [-0.3, -0.25) is 9.59 Å². The standard InChI is InChI=1S/C24H29NO5.C20H25NO4/c1-5-6-24(27)30-23(14-25-16(2)11-20(26)12-17(25)3)19-9-10-21(28-4)22(13-19)29-15-18-7-8-18;1-13-8-17(22)9-14(2)21(13)11-18(23)16-6-7-19(24-3)20(10-16)25-12-15-4-5-15/h5-6,9-13,18,23H,7-8,14-15H2,1-4H3;6-10,15,18,23H,4-5,11-12H2,1-3H3/b6-5+;. The molecule has 0 radical (unpaired) electrons. The molecule has 2 aromatic heterocycles. The van der Waals surface area contributed by atoms with Gasteiger partial charge in [-0.25, -0.2) is 4.79 Å². The number of esters is 1. The zero-order chi connectivity index (χ0) is 39.6. The highest BCUT2D eigenvalue weighted by molar-refractivity contribution is 5.82. The summed E-state index contributed by atoms with van der Waals surface area (Å²) in [5.41, 5.74) is 4.81. The van der Waals surface area contributed by atoms with Crippen LogP contribution in [0.5, 0.6) is 23.0 Å². The maximum atomic E-state index is 12.2. The lowest BCUT2D eigenvalue weighted by atomic mass is 10.1. The van der Waals surface area contributed by atoms with Crippen LogP contribution in [0.15, 0.2) is 82.4 Å². The van der Waals surface area contributed by atoms with Gasteiger partial charge in [0, 0.05) is 53.1 Å². The number of rotatable bonds is 16. The monoisotopic (exact) mass is 754 g/mol. The average Bonchev–Trinajstić information content (AvgIpc) is 4.09. The zero-order valence-corrected chi connectivity index (χ0v) is 33.0. The molecule has 2 aromatic carbocycles. The number of benzene rings is 2. The number of hydrogen-bond donors (Lipinski definition) is 1. The highest BCUT2D eigenvalue weighted by Gasteiger charge is 2.25. The van der Waals surface area contributed by atoms with Gasteiger partial charge in [-0.1, -0.05) is 18.2 Å². The van der Waals surface area contributed by atoms with E-state index >= 15 is 0 Å². The Bertz CT molecular complexity index is 2040. The van der Waals surface area contributed by atoms with Crippen LogP contribution in [0.25, 0.3) is 0 Å². The molecule has 2 aliphatic rings. The quantitative estimate of drug-likeness (QED) is 0.0940. The number of allylic oxidation sites excluding steroid dienone is 1. The maximum Gasteiger partial charge on any atom is 0.331 e. The van der Waals surface area contributed by atoms with Crippen LogP contribution in [0.3, 0.4) is 0 Å². The van der Waals surface area contributed by atoms with Crippen molar-refractivity contribution >= 4 is 5.97 Å². The van der Waals surface area contributed by atoms with Gasteiger partial charge in [-0.15, -0.1) is 0 Å². The van der Waals surface area contributed by atoms with E-state index in [4.69, 9.17) is 23.7 Å². The number of nitrogens with zero attached hydrogens (tertiary/aromatic N) is 2. The highest BCUT2D eigenvalue weighted by atomic mass is 16.5. The van der Waals surface area contributed by atoms with Gasteiger partial charge in [0.1, 0.15) is 6.10 Å². The molecular weight excluding hydrogens is 700 g/mol. The summed E-state index contributed by atoms with van der Waals surface area (Å²) in [6.45, 7) is 11.4. The molecular formula is C44H54N2O9. The lowest BCUT2D eigenvalue weighted by molar-refractivity contribution is -0.144.